The lowest BCUT2D eigenvalue weighted by molar-refractivity contribution is -0.123. The van der Waals surface area contributed by atoms with Gasteiger partial charge in [0.15, 0.2) is 11.5 Å². The van der Waals surface area contributed by atoms with Gasteiger partial charge in [-0.15, -0.1) is 0 Å². The van der Waals surface area contributed by atoms with Crippen LogP contribution in [0.15, 0.2) is 42.1 Å². The Bertz CT molecular complexity index is 938. The van der Waals surface area contributed by atoms with Crippen molar-refractivity contribution in [3.63, 3.8) is 0 Å². The third kappa shape index (κ3) is 4.12. The Morgan fingerprint density at radius 1 is 1.18 bits per heavy atom. The van der Waals surface area contributed by atoms with Gasteiger partial charge >= 0.3 is 6.03 Å². The molecule has 0 aromatic heterocycles. The molecule has 1 aliphatic rings. The Morgan fingerprint density at radius 3 is 2.54 bits per heavy atom. The summed E-state index contributed by atoms with van der Waals surface area (Å²) < 4.78 is 10.8. The Hall–Kier alpha value is -2.99. The van der Waals surface area contributed by atoms with Gasteiger partial charge in [0.2, 0.25) is 0 Å². The molecule has 0 unspecified atom stereocenters. The molecule has 0 spiro atoms. The fraction of sp³-hybridized carbons (Fsp3) is 0.238. The molecular formula is C21H21ClN2O4. The van der Waals surface area contributed by atoms with Crippen molar-refractivity contribution in [3.05, 3.63) is 63.8 Å². The Balaban J connectivity index is 1.86. The maximum atomic E-state index is 12.7. The first-order chi connectivity index (χ1) is 13.4. The molecule has 146 valence electrons. The standard InChI is InChI=1S/C21H21ClN2O4/c1-4-28-18-11-15(9-16(22)19(18)27-3)10-17-20(25)24(21(26)23-17)12-14-7-5-13(2)6-8-14/h5-11H,4,12H2,1-3H3,(H,23,26)/b17-10+. The van der Waals surface area contributed by atoms with Gasteiger partial charge < -0.3 is 14.8 Å². The number of amides is 3. The van der Waals surface area contributed by atoms with E-state index in [0.29, 0.717) is 28.7 Å². The second kappa shape index (κ2) is 8.35. The number of benzene rings is 2. The van der Waals surface area contributed by atoms with Crippen LogP contribution in [0, 0.1) is 6.92 Å². The van der Waals surface area contributed by atoms with E-state index in [4.69, 9.17) is 21.1 Å². The summed E-state index contributed by atoms with van der Waals surface area (Å²) in [6.07, 6.45) is 1.57. The molecule has 2 aromatic rings. The monoisotopic (exact) mass is 400 g/mol. The fourth-order valence-electron chi connectivity index (χ4n) is 2.89. The van der Waals surface area contributed by atoms with Crippen molar-refractivity contribution in [2.45, 2.75) is 20.4 Å². The van der Waals surface area contributed by atoms with Crippen molar-refractivity contribution >= 4 is 29.6 Å². The highest BCUT2D eigenvalue weighted by Gasteiger charge is 2.33. The van der Waals surface area contributed by atoms with Gasteiger partial charge in [0.1, 0.15) is 5.70 Å². The minimum Gasteiger partial charge on any atom is -0.491 e. The minimum atomic E-state index is -0.457. The third-order valence-electron chi connectivity index (χ3n) is 4.27. The molecule has 3 amide bonds. The van der Waals surface area contributed by atoms with Crippen molar-refractivity contribution in [2.75, 3.05) is 13.7 Å². The number of carbonyl (C=O) groups is 2. The first-order valence-corrected chi connectivity index (χ1v) is 9.21. The smallest absolute Gasteiger partial charge is 0.329 e. The van der Waals surface area contributed by atoms with Gasteiger partial charge in [-0.05, 0) is 43.2 Å². The largest absolute Gasteiger partial charge is 0.491 e. The average Bonchev–Trinajstić information content (AvgIpc) is 2.91. The van der Waals surface area contributed by atoms with Crippen molar-refractivity contribution < 1.29 is 19.1 Å². The third-order valence-corrected chi connectivity index (χ3v) is 4.55. The molecule has 0 saturated carbocycles. The molecule has 1 saturated heterocycles. The van der Waals surface area contributed by atoms with Crippen LogP contribution in [0.5, 0.6) is 11.5 Å². The van der Waals surface area contributed by atoms with E-state index >= 15 is 0 Å². The molecule has 1 N–H and O–H groups in total. The quantitative estimate of drug-likeness (QED) is 0.584. The lowest BCUT2D eigenvalue weighted by atomic mass is 10.1. The topological polar surface area (TPSA) is 67.9 Å². The van der Waals surface area contributed by atoms with E-state index in [0.717, 1.165) is 11.1 Å². The van der Waals surface area contributed by atoms with Crippen molar-refractivity contribution in [1.29, 1.82) is 0 Å². The summed E-state index contributed by atoms with van der Waals surface area (Å²) in [4.78, 5) is 26.1. The predicted molar refractivity (Wildman–Crippen MR) is 107 cm³/mol. The molecule has 0 radical (unpaired) electrons. The Morgan fingerprint density at radius 2 is 1.89 bits per heavy atom. The molecule has 1 fully saturated rings. The maximum absolute atomic E-state index is 12.7. The summed E-state index contributed by atoms with van der Waals surface area (Å²) in [6, 6.07) is 10.6. The Labute approximate surface area is 168 Å². The number of nitrogens with zero attached hydrogens (tertiary/aromatic N) is 1. The number of halogens is 1. The molecule has 2 aromatic carbocycles. The zero-order valence-electron chi connectivity index (χ0n) is 15.9. The van der Waals surface area contributed by atoms with Crippen LogP contribution in [-0.4, -0.2) is 30.6 Å². The predicted octanol–water partition coefficient (Wildman–Crippen LogP) is 4.15. The lowest BCUT2D eigenvalue weighted by Crippen LogP contribution is -2.30. The van der Waals surface area contributed by atoms with Crippen LogP contribution < -0.4 is 14.8 Å². The van der Waals surface area contributed by atoms with Crippen LogP contribution in [0.1, 0.15) is 23.6 Å². The molecule has 6 nitrogen and oxygen atoms in total. The average molecular weight is 401 g/mol. The van der Waals surface area contributed by atoms with Gasteiger partial charge in [-0.25, -0.2) is 4.79 Å². The van der Waals surface area contributed by atoms with E-state index in [1.807, 2.05) is 38.1 Å². The lowest BCUT2D eigenvalue weighted by Gasteiger charge is -2.12. The highest BCUT2D eigenvalue weighted by molar-refractivity contribution is 6.32. The number of hydrogen-bond donors (Lipinski definition) is 1. The first-order valence-electron chi connectivity index (χ1n) is 8.83. The van der Waals surface area contributed by atoms with E-state index in [2.05, 4.69) is 5.32 Å². The summed E-state index contributed by atoms with van der Waals surface area (Å²) in [5.41, 5.74) is 2.79. The van der Waals surface area contributed by atoms with Gasteiger partial charge in [0.25, 0.3) is 5.91 Å². The summed E-state index contributed by atoms with van der Waals surface area (Å²) in [7, 11) is 1.51. The molecule has 28 heavy (non-hydrogen) atoms. The van der Waals surface area contributed by atoms with Gasteiger partial charge in [-0.2, -0.15) is 0 Å². The number of rotatable bonds is 6. The van der Waals surface area contributed by atoms with Crippen molar-refractivity contribution in [3.8, 4) is 11.5 Å². The molecule has 0 bridgehead atoms. The summed E-state index contributed by atoms with van der Waals surface area (Å²) in [5.74, 6) is 0.501. The Kier molecular flexibility index (Phi) is 5.90. The van der Waals surface area contributed by atoms with Crippen molar-refractivity contribution in [2.24, 2.45) is 0 Å². The zero-order valence-corrected chi connectivity index (χ0v) is 16.7. The SMILES string of the molecule is CCOc1cc(/C=C2/NC(=O)N(Cc3ccc(C)cc3)C2=O)cc(Cl)c1OC. The summed E-state index contributed by atoms with van der Waals surface area (Å²) in [6.45, 7) is 4.47. The number of urea groups is 1. The molecule has 0 atom stereocenters. The summed E-state index contributed by atoms with van der Waals surface area (Å²) in [5, 5.41) is 2.97. The van der Waals surface area contributed by atoms with Crippen LogP contribution in [-0.2, 0) is 11.3 Å². The number of methoxy groups -OCH3 is 1. The van der Waals surface area contributed by atoms with Gasteiger partial charge in [0, 0.05) is 0 Å². The van der Waals surface area contributed by atoms with Crippen LogP contribution in [0.4, 0.5) is 4.79 Å². The number of hydrogen-bond acceptors (Lipinski definition) is 4. The van der Waals surface area contributed by atoms with Crippen LogP contribution in [0.2, 0.25) is 5.02 Å². The van der Waals surface area contributed by atoms with E-state index in [-0.39, 0.29) is 12.2 Å². The zero-order chi connectivity index (χ0) is 20.3. The number of imide groups is 1. The molecule has 1 aliphatic heterocycles. The molecule has 1 heterocycles. The highest BCUT2D eigenvalue weighted by atomic mass is 35.5. The molecular weight excluding hydrogens is 380 g/mol. The number of nitrogens with one attached hydrogen (secondary N) is 1. The van der Waals surface area contributed by atoms with E-state index in [1.54, 1.807) is 18.2 Å². The maximum Gasteiger partial charge on any atom is 0.329 e. The number of aryl methyl sites for hydroxylation is 1. The molecule has 7 heteroatoms. The van der Waals surface area contributed by atoms with Crippen LogP contribution in [0.3, 0.4) is 0 Å². The van der Waals surface area contributed by atoms with Gasteiger partial charge in [-0.3, -0.25) is 9.69 Å². The number of carbonyl (C=O) groups excluding carboxylic acids is 2. The van der Waals surface area contributed by atoms with E-state index in [9.17, 15) is 9.59 Å². The van der Waals surface area contributed by atoms with E-state index in [1.165, 1.54) is 12.0 Å². The normalized spacial score (nSPS) is 15.1. The van der Waals surface area contributed by atoms with Gasteiger partial charge in [0.05, 0.1) is 25.3 Å². The second-order valence-corrected chi connectivity index (χ2v) is 6.74. The molecule has 0 aliphatic carbocycles. The summed E-state index contributed by atoms with van der Waals surface area (Å²) >= 11 is 6.25. The van der Waals surface area contributed by atoms with Gasteiger partial charge in [-0.1, -0.05) is 41.4 Å². The second-order valence-electron chi connectivity index (χ2n) is 6.33. The van der Waals surface area contributed by atoms with Crippen molar-refractivity contribution in [1.82, 2.24) is 10.2 Å². The molecule has 3 rings (SSSR count). The van der Waals surface area contributed by atoms with Crippen LogP contribution >= 0.6 is 11.6 Å². The number of ether oxygens (including phenoxy) is 2. The minimum absolute atomic E-state index is 0.181. The van der Waals surface area contributed by atoms with E-state index < -0.39 is 11.9 Å². The highest BCUT2D eigenvalue weighted by Crippen LogP contribution is 2.37. The fourth-order valence-corrected chi connectivity index (χ4v) is 3.19. The van der Waals surface area contributed by atoms with Crippen LogP contribution in [0.25, 0.3) is 6.08 Å². The first kappa shape index (κ1) is 19.8.